The van der Waals surface area contributed by atoms with Crippen molar-refractivity contribution in [2.75, 3.05) is 13.1 Å². The Morgan fingerprint density at radius 1 is 1.45 bits per heavy atom. The highest BCUT2D eigenvalue weighted by molar-refractivity contribution is 5.85. The number of carbonyl (C=O) groups is 2. The number of hydrogen-bond acceptors (Lipinski definition) is 3. The van der Waals surface area contributed by atoms with Gasteiger partial charge in [0, 0.05) is 13.1 Å². The van der Waals surface area contributed by atoms with Crippen LogP contribution in [-0.4, -0.2) is 40.6 Å². The van der Waals surface area contributed by atoms with E-state index in [0.29, 0.717) is 25.9 Å². The second-order valence-electron chi connectivity index (χ2n) is 5.57. The zero-order chi connectivity index (χ0) is 15.8. The van der Waals surface area contributed by atoms with Crippen molar-refractivity contribution in [3.05, 3.63) is 0 Å². The van der Waals surface area contributed by atoms with Gasteiger partial charge in [0.15, 0.2) is 0 Å². The highest BCUT2D eigenvalue weighted by atomic mass is 16.4. The Morgan fingerprint density at radius 3 is 2.45 bits per heavy atom. The fraction of sp³-hybridized carbons (Fsp3) is 0.786. The summed E-state index contributed by atoms with van der Waals surface area (Å²) in [5, 5.41) is 20.5. The highest BCUT2D eigenvalue weighted by Crippen LogP contribution is 2.14. The van der Waals surface area contributed by atoms with Crippen molar-refractivity contribution in [1.82, 2.24) is 10.2 Å². The minimum Gasteiger partial charge on any atom is -0.480 e. The molecular weight excluding hydrogens is 258 g/mol. The van der Waals surface area contributed by atoms with Gasteiger partial charge >= 0.3 is 12.0 Å². The molecule has 0 bridgehead atoms. The summed E-state index contributed by atoms with van der Waals surface area (Å²) in [4.78, 5) is 25.0. The van der Waals surface area contributed by atoms with Crippen LogP contribution in [0.3, 0.4) is 0 Å². The lowest BCUT2D eigenvalue weighted by Crippen LogP contribution is -2.56. The van der Waals surface area contributed by atoms with Crippen LogP contribution < -0.4 is 5.32 Å². The molecule has 0 aromatic rings. The molecule has 1 unspecified atom stereocenters. The van der Waals surface area contributed by atoms with Gasteiger partial charge in [-0.15, -0.1) is 0 Å². The first kappa shape index (κ1) is 18.2. The Labute approximate surface area is 120 Å². The smallest absolute Gasteiger partial charge is 0.329 e. The maximum Gasteiger partial charge on any atom is 0.329 e. The molecule has 114 valence electrons. The third-order valence-electron chi connectivity index (χ3n) is 2.97. The van der Waals surface area contributed by atoms with Crippen LogP contribution in [0.25, 0.3) is 0 Å². The molecule has 0 aliphatic carbocycles. The van der Waals surface area contributed by atoms with Gasteiger partial charge in [0.1, 0.15) is 5.54 Å². The SMILES string of the molecule is CCCC(C)(NC(=O)N(CCC#N)CC(C)C)C(=O)O. The van der Waals surface area contributed by atoms with Crippen LogP contribution in [0.4, 0.5) is 4.79 Å². The number of aliphatic carboxylic acids is 1. The Kier molecular flexibility index (Phi) is 7.67. The van der Waals surface area contributed by atoms with Gasteiger partial charge in [0.2, 0.25) is 0 Å². The lowest BCUT2D eigenvalue weighted by atomic mass is 9.96. The van der Waals surface area contributed by atoms with E-state index in [2.05, 4.69) is 5.32 Å². The molecule has 0 radical (unpaired) electrons. The number of nitrogens with zero attached hydrogens (tertiary/aromatic N) is 2. The predicted molar refractivity (Wildman–Crippen MR) is 76.1 cm³/mol. The molecule has 0 aromatic carbocycles. The Balaban J connectivity index is 4.87. The van der Waals surface area contributed by atoms with Crippen molar-refractivity contribution in [1.29, 1.82) is 5.26 Å². The first-order chi connectivity index (χ1) is 9.26. The summed E-state index contributed by atoms with van der Waals surface area (Å²) in [6, 6.07) is 1.58. The Hall–Kier alpha value is -1.77. The molecular formula is C14H25N3O3. The minimum atomic E-state index is -1.27. The van der Waals surface area contributed by atoms with Crippen molar-refractivity contribution in [2.24, 2.45) is 5.92 Å². The van der Waals surface area contributed by atoms with Crippen molar-refractivity contribution >= 4 is 12.0 Å². The number of nitriles is 1. The summed E-state index contributed by atoms with van der Waals surface area (Å²) in [6.45, 7) is 8.12. The molecule has 0 heterocycles. The van der Waals surface area contributed by atoms with Gasteiger partial charge in [-0.05, 0) is 19.3 Å². The first-order valence-electron chi connectivity index (χ1n) is 6.94. The van der Waals surface area contributed by atoms with Crippen LogP contribution in [0, 0.1) is 17.2 Å². The maximum atomic E-state index is 12.2. The van der Waals surface area contributed by atoms with Crippen molar-refractivity contribution in [2.45, 2.75) is 52.5 Å². The fourth-order valence-corrected chi connectivity index (χ4v) is 1.94. The molecule has 0 fully saturated rings. The van der Waals surface area contributed by atoms with E-state index in [1.807, 2.05) is 26.8 Å². The fourth-order valence-electron chi connectivity index (χ4n) is 1.94. The molecule has 2 amide bonds. The van der Waals surface area contributed by atoms with Crippen molar-refractivity contribution in [3.8, 4) is 6.07 Å². The molecule has 0 aliphatic rings. The number of amides is 2. The quantitative estimate of drug-likeness (QED) is 0.714. The van der Waals surface area contributed by atoms with E-state index in [1.165, 1.54) is 11.8 Å². The Bertz CT molecular complexity index is 376. The van der Waals surface area contributed by atoms with E-state index in [9.17, 15) is 14.7 Å². The summed E-state index contributed by atoms with van der Waals surface area (Å²) in [5.41, 5.74) is -1.27. The van der Waals surface area contributed by atoms with Crippen molar-refractivity contribution in [3.63, 3.8) is 0 Å². The number of carboxylic acid groups (broad SMARTS) is 1. The van der Waals surface area contributed by atoms with E-state index in [-0.39, 0.29) is 12.3 Å². The predicted octanol–water partition coefficient (Wildman–Crippen LogP) is 2.21. The van der Waals surface area contributed by atoms with Gasteiger partial charge in [0.05, 0.1) is 12.5 Å². The molecule has 0 rings (SSSR count). The maximum absolute atomic E-state index is 12.2. The van der Waals surface area contributed by atoms with E-state index in [4.69, 9.17) is 5.26 Å². The second-order valence-corrected chi connectivity index (χ2v) is 5.57. The number of rotatable bonds is 8. The normalized spacial score (nSPS) is 13.4. The van der Waals surface area contributed by atoms with Gasteiger partial charge in [-0.1, -0.05) is 27.2 Å². The topological polar surface area (TPSA) is 93.4 Å². The lowest BCUT2D eigenvalue weighted by Gasteiger charge is -2.31. The van der Waals surface area contributed by atoms with E-state index in [0.717, 1.165) is 0 Å². The average Bonchev–Trinajstić information content (AvgIpc) is 2.33. The van der Waals surface area contributed by atoms with Gasteiger partial charge in [-0.25, -0.2) is 9.59 Å². The molecule has 2 N–H and O–H groups in total. The van der Waals surface area contributed by atoms with E-state index in [1.54, 1.807) is 0 Å². The molecule has 6 heteroatoms. The van der Waals surface area contributed by atoms with Gasteiger partial charge < -0.3 is 15.3 Å². The number of hydrogen-bond donors (Lipinski definition) is 2. The molecule has 0 saturated carbocycles. The van der Waals surface area contributed by atoms with Crippen LogP contribution in [0.5, 0.6) is 0 Å². The monoisotopic (exact) mass is 283 g/mol. The summed E-state index contributed by atoms with van der Waals surface area (Å²) in [6.07, 6.45) is 1.25. The zero-order valence-corrected chi connectivity index (χ0v) is 12.8. The largest absolute Gasteiger partial charge is 0.480 e. The van der Waals surface area contributed by atoms with Crippen LogP contribution in [0.1, 0.15) is 47.0 Å². The lowest BCUT2D eigenvalue weighted by molar-refractivity contribution is -0.144. The zero-order valence-electron chi connectivity index (χ0n) is 12.8. The van der Waals surface area contributed by atoms with Gasteiger partial charge in [0.25, 0.3) is 0 Å². The molecule has 0 saturated heterocycles. The number of urea groups is 1. The van der Waals surface area contributed by atoms with Crippen LogP contribution in [0.15, 0.2) is 0 Å². The number of carboxylic acids is 1. The van der Waals surface area contributed by atoms with Crippen molar-refractivity contribution < 1.29 is 14.7 Å². The number of nitrogens with one attached hydrogen (secondary N) is 1. The minimum absolute atomic E-state index is 0.234. The van der Waals surface area contributed by atoms with E-state index < -0.39 is 17.5 Å². The summed E-state index contributed by atoms with van der Waals surface area (Å²) in [7, 11) is 0. The molecule has 0 aromatic heterocycles. The molecule has 6 nitrogen and oxygen atoms in total. The van der Waals surface area contributed by atoms with Gasteiger partial charge in [-0.2, -0.15) is 5.26 Å². The third-order valence-corrected chi connectivity index (χ3v) is 2.97. The molecule has 0 spiro atoms. The third kappa shape index (κ3) is 5.91. The Morgan fingerprint density at radius 2 is 2.05 bits per heavy atom. The summed E-state index contributed by atoms with van der Waals surface area (Å²) >= 11 is 0. The standard InChI is InChI=1S/C14H25N3O3/c1-5-7-14(4,12(18)19)16-13(20)17(9-6-8-15)10-11(2)3/h11H,5-7,9-10H2,1-4H3,(H,16,20)(H,18,19). The van der Waals surface area contributed by atoms with Crippen LogP contribution >= 0.6 is 0 Å². The molecule has 0 aliphatic heterocycles. The average molecular weight is 283 g/mol. The summed E-state index contributed by atoms with van der Waals surface area (Å²) in [5.74, 6) is -0.792. The second kappa shape index (κ2) is 8.41. The number of carbonyl (C=O) groups excluding carboxylic acids is 1. The van der Waals surface area contributed by atoms with E-state index >= 15 is 0 Å². The summed E-state index contributed by atoms with van der Waals surface area (Å²) < 4.78 is 0. The first-order valence-corrected chi connectivity index (χ1v) is 6.94. The molecule has 1 atom stereocenters. The van der Waals surface area contributed by atoms with Gasteiger partial charge in [-0.3, -0.25) is 0 Å². The highest BCUT2D eigenvalue weighted by Gasteiger charge is 2.35. The van der Waals surface area contributed by atoms with Crippen LogP contribution in [0.2, 0.25) is 0 Å². The molecule has 20 heavy (non-hydrogen) atoms. The van der Waals surface area contributed by atoms with Crippen LogP contribution in [-0.2, 0) is 4.79 Å².